The van der Waals surface area contributed by atoms with Crippen LogP contribution < -0.4 is 10.5 Å². The molecule has 0 amide bonds. The third kappa shape index (κ3) is 3.41. The number of hydrogen-bond donors (Lipinski definition) is 3. The van der Waals surface area contributed by atoms with Crippen molar-refractivity contribution in [2.24, 2.45) is 0 Å². The van der Waals surface area contributed by atoms with Crippen LogP contribution in [0.4, 0.5) is 11.4 Å². The molecule has 1 aromatic heterocycles. The van der Waals surface area contributed by atoms with Gasteiger partial charge in [0.25, 0.3) is 10.0 Å². The maximum absolute atomic E-state index is 12.2. The lowest BCUT2D eigenvalue weighted by Gasteiger charge is -2.10. The zero-order chi connectivity index (χ0) is 15.8. The summed E-state index contributed by atoms with van der Waals surface area (Å²) in [5, 5.41) is 9.08. The third-order valence-corrected chi connectivity index (χ3v) is 5.55. The number of anilines is 2. The van der Waals surface area contributed by atoms with Crippen LogP contribution >= 0.6 is 34.5 Å². The number of benzene rings is 1. The Morgan fingerprint density at radius 3 is 2.48 bits per heavy atom. The number of carboxylic acid groups (broad SMARTS) is 1. The molecule has 0 spiro atoms. The number of carbonyl (C=O) groups is 1. The summed E-state index contributed by atoms with van der Waals surface area (Å²) in [7, 11) is -4.05. The van der Waals surface area contributed by atoms with Gasteiger partial charge in [0.15, 0.2) is 0 Å². The predicted molar refractivity (Wildman–Crippen MR) is 83.0 cm³/mol. The smallest absolute Gasteiger partial charge is 0.337 e. The first-order valence-electron chi connectivity index (χ1n) is 5.31. The van der Waals surface area contributed by atoms with Gasteiger partial charge in [-0.05, 0) is 24.3 Å². The molecular formula is C11H8Cl2N2O4S2. The van der Waals surface area contributed by atoms with Crippen molar-refractivity contribution in [1.82, 2.24) is 0 Å². The van der Waals surface area contributed by atoms with E-state index in [1.54, 1.807) is 0 Å². The minimum atomic E-state index is -4.05. The van der Waals surface area contributed by atoms with Crippen molar-refractivity contribution >= 4 is 61.9 Å². The van der Waals surface area contributed by atoms with Crippen molar-refractivity contribution in [3.8, 4) is 0 Å². The molecule has 0 radical (unpaired) electrons. The maximum atomic E-state index is 12.2. The van der Waals surface area contributed by atoms with Gasteiger partial charge >= 0.3 is 5.97 Å². The molecule has 0 aliphatic heterocycles. The van der Waals surface area contributed by atoms with Crippen molar-refractivity contribution in [3.63, 3.8) is 0 Å². The molecule has 2 rings (SSSR count). The van der Waals surface area contributed by atoms with Crippen molar-refractivity contribution in [1.29, 1.82) is 0 Å². The van der Waals surface area contributed by atoms with Gasteiger partial charge in [0.2, 0.25) is 0 Å². The molecule has 0 aliphatic carbocycles. The van der Waals surface area contributed by atoms with Crippen molar-refractivity contribution < 1.29 is 18.3 Å². The highest BCUT2D eigenvalue weighted by Gasteiger charge is 2.23. The summed E-state index contributed by atoms with van der Waals surface area (Å²) in [5.41, 5.74) is 5.31. The molecule has 0 saturated heterocycles. The largest absolute Gasteiger partial charge is 0.478 e. The Balaban J connectivity index is 2.47. The summed E-state index contributed by atoms with van der Waals surface area (Å²) in [5.74, 6) is -1.31. The zero-order valence-electron chi connectivity index (χ0n) is 10.1. The van der Waals surface area contributed by atoms with E-state index in [2.05, 4.69) is 4.72 Å². The second-order valence-corrected chi connectivity index (χ2v) is 7.84. The quantitative estimate of drug-likeness (QED) is 0.720. The second-order valence-electron chi connectivity index (χ2n) is 3.90. The van der Waals surface area contributed by atoms with E-state index in [-0.39, 0.29) is 30.5 Å². The molecular weight excluding hydrogens is 359 g/mol. The number of halogens is 2. The minimum absolute atomic E-state index is 0.0141. The molecule has 1 aromatic carbocycles. The SMILES string of the molecule is Nc1ccc(NS(=O)(=O)c2cc(Cl)sc2Cl)c(C(=O)O)c1. The number of nitrogen functional groups attached to an aromatic ring is 1. The summed E-state index contributed by atoms with van der Waals surface area (Å²) in [6.07, 6.45) is 0. The van der Waals surface area contributed by atoms with E-state index < -0.39 is 16.0 Å². The minimum Gasteiger partial charge on any atom is -0.478 e. The van der Waals surface area contributed by atoms with Crippen LogP contribution in [0.2, 0.25) is 8.67 Å². The van der Waals surface area contributed by atoms with Gasteiger partial charge in [-0.3, -0.25) is 4.72 Å². The van der Waals surface area contributed by atoms with E-state index in [0.717, 1.165) is 17.4 Å². The van der Waals surface area contributed by atoms with Gasteiger partial charge in [-0.25, -0.2) is 13.2 Å². The van der Waals surface area contributed by atoms with Crippen LogP contribution in [0.1, 0.15) is 10.4 Å². The molecule has 0 bridgehead atoms. The number of carboxylic acids is 1. The first-order chi connectivity index (χ1) is 9.70. The highest BCUT2D eigenvalue weighted by molar-refractivity contribution is 7.93. The molecule has 0 aliphatic rings. The summed E-state index contributed by atoms with van der Waals surface area (Å²) in [4.78, 5) is 10.9. The Morgan fingerprint density at radius 1 is 1.29 bits per heavy atom. The van der Waals surface area contributed by atoms with E-state index in [0.29, 0.717) is 0 Å². The van der Waals surface area contributed by atoms with E-state index in [4.69, 9.17) is 34.0 Å². The van der Waals surface area contributed by atoms with Gasteiger partial charge in [0.05, 0.1) is 15.6 Å². The van der Waals surface area contributed by atoms with Gasteiger partial charge in [-0.1, -0.05) is 23.2 Å². The van der Waals surface area contributed by atoms with Crippen molar-refractivity contribution in [3.05, 3.63) is 38.5 Å². The number of aromatic carboxylic acids is 1. The molecule has 6 nitrogen and oxygen atoms in total. The van der Waals surface area contributed by atoms with Crippen LogP contribution in [0.25, 0.3) is 0 Å². The molecule has 1 heterocycles. The third-order valence-electron chi connectivity index (χ3n) is 2.43. The maximum Gasteiger partial charge on any atom is 0.337 e. The lowest BCUT2D eigenvalue weighted by molar-refractivity contribution is 0.0698. The van der Waals surface area contributed by atoms with E-state index in [1.807, 2.05) is 0 Å². The van der Waals surface area contributed by atoms with Crippen LogP contribution in [0.3, 0.4) is 0 Å². The Morgan fingerprint density at radius 2 is 1.95 bits per heavy atom. The molecule has 0 fully saturated rings. The molecule has 112 valence electrons. The number of rotatable bonds is 4. The highest BCUT2D eigenvalue weighted by Crippen LogP contribution is 2.35. The van der Waals surface area contributed by atoms with E-state index in [9.17, 15) is 13.2 Å². The summed E-state index contributed by atoms with van der Waals surface area (Å²) < 4.78 is 26.8. The number of nitrogens with one attached hydrogen (secondary N) is 1. The van der Waals surface area contributed by atoms with Gasteiger partial charge in [0.1, 0.15) is 9.23 Å². The average Bonchev–Trinajstić information content (AvgIpc) is 2.71. The Bertz CT molecular complexity index is 818. The van der Waals surface area contributed by atoms with Crippen LogP contribution in [0.15, 0.2) is 29.2 Å². The number of sulfonamides is 1. The Kier molecular flexibility index (Phi) is 4.33. The molecule has 4 N–H and O–H groups in total. The molecule has 0 saturated carbocycles. The summed E-state index contributed by atoms with van der Waals surface area (Å²) >= 11 is 12.4. The van der Waals surface area contributed by atoms with Crippen molar-refractivity contribution in [2.45, 2.75) is 4.90 Å². The lowest BCUT2D eigenvalue weighted by Crippen LogP contribution is -2.15. The number of thiophene rings is 1. The van der Waals surface area contributed by atoms with Gasteiger partial charge in [0, 0.05) is 5.69 Å². The molecule has 0 atom stereocenters. The monoisotopic (exact) mass is 366 g/mol. The first-order valence-corrected chi connectivity index (χ1v) is 8.37. The highest BCUT2D eigenvalue weighted by atomic mass is 35.5. The topological polar surface area (TPSA) is 109 Å². The Hall–Kier alpha value is -1.48. The first kappa shape index (κ1) is 15.9. The van der Waals surface area contributed by atoms with Crippen LogP contribution in [-0.2, 0) is 10.0 Å². The van der Waals surface area contributed by atoms with Crippen molar-refractivity contribution in [2.75, 3.05) is 10.5 Å². The summed E-state index contributed by atoms with van der Waals surface area (Å²) in [6, 6.07) is 4.99. The summed E-state index contributed by atoms with van der Waals surface area (Å²) in [6.45, 7) is 0. The zero-order valence-corrected chi connectivity index (χ0v) is 13.3. The fraction of sp³-hybridized carbons (Fsp3) is 0. The van der Waals surface area contributed by atoms with Gasteiger partial charge in [-0.2, -0.15) is 0 Å². The standard InChI is InChI=1S/C11H8Cl2N2O4S2/c12-9-4-8(10(13)20-9)21(18,19)15-7-2-1-5(14)3-6(7)11(16)17/h1-4,15H,14H2,(H,16,17). The molecule has 10 heteroatoms. The fourth-order valence-corrected chi connectivity index (χ4v) is 4.77. The number of nitrogens with two attached hydrogens (primary N) is 1. The van der Waals surface area contributed by atoms with Crippen LogP contribution in [0, 0.1) is 0 Å². The fourth-order valence-electron chi connectivity index (χ4n) is 1.54. The molecule has 0 unspecified atom stereocenters. The molecule has 2 aromatic rings. The normalized spacial score (nSPS) is 11.3. The predicted octanol–water partition coefficient (Wildman–Crippen LogP) is 3.14. The van der Waals surface area contributed by atoms with Crippen LogP contribution in [0.5, 0.6) is 0 Å². The van der Waals surface area contributed by atoms with Gasteiger partial charge < -0.3 is 10.8 Å². The van der Waals surface area contributed by atoms with Crippen LogP contribution in [-0.4, -0.2) is 19.5 Å². The number of hydrogen-bond acceptors (Lipinski definition) is 5. The average molecular weight is 367 g/mol. The Labute approximate surface area is 134 Å². The second kappa shape index (κ2) is 5.72. The molecule has 21 heavy (non-hydrogen) atoms. The van der Waals surface area contributed by atoms with E-state index in [1.165, 1.54) is 18.2 Å². The van der Waals surface area contributed by atoms with Gasteiger partial charge in [-0.15, -0.1) is 11.3 Å². The lowest BCUT2D eigenvalue weighted by atomic mass is 10.1. The van der Waals surface area contributed by atoms with E-state index >= 15 is 0 Å².